The summed E-state index contributed by atoms with van der Waals surface area (Å²) in [5, 5.41) is 7.11. The normalized spacial score (nSPS) is 17.6. The first kappa shape index (κ1) is 15.6. The number of pyridine rings is 1. The molecule has 0 bridgehead atoms. The summed E-state index contributed by atoms with van der Waals surface area (Å²) in [5.74, 6) is -0.488. The maximum Gasteiger partial charge on any atom is 0.408 e. The number of hydrogen-bond acceptors (Lipinski definition) is 6. The molecule has 2 aromatic heterocycles. The van der Waals surface area contributed by atoms with E-state index in [1.807, 2.05) is 0 Å². The van der Waals surface area contributed by atoms with E-state index in [0.29, 0.717) is 35.8 Å². The van der Waals surface area contributed by atoms with Gasteiger partial charge in [0.25, 0.3) is 11.8 Å². The van der Waals surface area contributed by atoms with E-state index in [-0.39, 0.29) is 11.8 Å². The van der Waals surface area contributed by atoms with Crippen molar-refractivity contribution in [1.29, 1.82) is 0 Å². The van der Waals surface area contributed by atoms with Crippen molar-refractivity contribution in [2.75, 3.05) is 25.0 Å². The highest BCUT2D eigenvalue weighted by atomic mass is 32.1. The fourth-order valence-corrected chi connectivity index (χ4v) is 3.70. The lowest BCUT2D eigenvalue weighted by molar-refractivity contribution is -0.0573. The molecule has 1 spiro atoms. The Hall–Kier alpha value is -2.94. The number of ether oxygens (including phenoxy) is 1. The molecular weight excluding hydrogens is 344 g/mol. The molecule has 9 heteroatoms. The SMILES string of the molecule is O=C1NCC2(CN(C(=O)c3sccc3NC(=O)c3ccncc3)C2)O1. The lowest BCUT2D eigenvalue weighted by Gasteiger charge is -2.45. The molecule has 25 heavy (non-hydrogen) atoms. The van der Waals surface area contributed by atoms with Crippen LogP contribution >= 0.6 is 11.3 Å². The van der Waals surface area contributed by atoms with Crippen LogP contribution in [-0.4, -0.2) is 53.0 Å². The molecule has 0 saturated carbocycles. The van der Waals surface area contributed by atoms with Gasteiger partial charge in [0.15, 0.2) is 5.60 Å². The molecule has 0 atom stereocenters. The van der Waals surface area contributed by atoms with Crippen LogP contribution < -0.4 is 10.6 Å². The fourth-order valence-electron chi connectivity index (χ4n) is 2.89. The first-order chi connectivity index (χ1) is 12.1. The van der Waals surface area contributed by atoms with Gasteiger partial charge in [0, 0.05) is 18.0 Å². The first-order valence-electron chi connectivity index (χ1n) is 7.61. The summed E-state index contributed by atoms with van der Waals surface area (Å²) in [6, 6.07) is 4.90. The predicted molar refractivity (Wildman–Crippen MR) is 89.6 cm³/mol. The van der Waals surface area contributed by atoms with E-state index in [0.717, 1.165) is 0 Å². The van der Waals surface area contributed by atoms with Gasteiger partial charge < -0.3 is 20.3 Å². The van der Waals surface area contributed by atoms with Gasteiger partial charge in [-0.25, -0.2) is 4.79 Å². The van der Waals surface area contributed by atoms with Crippen LogP contribution in [0.2, 0.25) is 0 Å². The Balaban J connectivity index is 1.44. The molecule has 0 aromatic carbocycles. The van der Waals surface area contributed by atoms with Gasteiger partial charge in [-0.3, -0.25) is 14.6 Å². The van der Waals surface area contributed by atoms with Crippen molar-refractivity contribution < 1.29 is 19.1 Å². The molecule has 2 saturated heterocycles. The molecule has 128 valence electrons. The second-order valence-corrected chi connectivity index (χ2v) is 6.86. The predicted octanol–water partition coefficient (Wildman–Crippen LogP) is 1.33. The van der Waals surface area contributed by atoms with E-state index >= 15 is 0 Å². The number of aromatic nitrogens is 1. The van der Waals surface area contributed by atoms with Crippen LogP contribution in [-0.2, 0) is 4.74 Å². The molecule has 0 unspecified atom stereocenters. The van der Waals surface area contributed by atoms with Crippen molar-refractivity contribution in [2.45, 2.75) is 5.60 Å². The van der Waals surface area contributed by atoms with Gasteiger partial charge in [0.2, 0.25) is 0 Å². The van der Waals surface area contributed by atoms with E-state index < -0.39 is 11.7 Å². The molecule has 8 nitrogen and oxygen atoms in total. The Morgan fingerprint density at radius 2 is 2.04 bits per heavy atom. The minimum absolute atomic E-state index is 0.186. The van der Waals surface area contributed by atoms with Crippen molar-refractivity contribution in [3.8, 4) is 0 Å². The summed E-state index contributed by atoms with van der Waals surface area (Å²) < 4.78 is 5.22. The number of hydrogen-bond donors (Lipinski definition) is 2. The zero-order chi connectivity index (χ0) is 17.4. The summed E-state index contributed by atoms with van der Waals surface area (Å²) in [5.41, 5.74) is 0.329. The molecule has 0 radical (unpaired) electrons. The number of alkyl carbamates (subject to hydrolysis) is 1. The Kier molecular flexibility index (Phi) is 3.65. The van der Waals surface area contributed by atoms with Crippen LogP contribution in [0.5, 0.6) is 0 Å². The number of anilines is 1. The van der Waals surface area contributed by atoms with Gasteiger partial charge in [-0.1, -0.05) is 0 Å². The Morgan fingerprint density at radius 3 is 2.72 bits per heavy atom. The topological polar surface area (TPSA) is 101 Å². The summed E-state index contributed by atoms with van der Waals surface area (Å²) >= 11 is 1.26. The van der Waals surface area contributed by atoms with Crippen LogP contribution in [0.3, 0.4) is 0 Å². The van der Waals surface area contributed by atoms with Crippen LogP contribution in [0.15, 0.2) is 36.0 Å². The van der Waals surface area contributed by atoms with Gasteiger partial charge in [-0.05, 0) is 23.6 Å². The summed E-state index contributed by atoms with van der Waals surface area (Å²) in [7, 11) is 0. The summed E-state index contributed by atoms with van der Waals surface area (Å²) in [6.45, 7) is 1.10. The first-order valence-corrected chi connectivity index (χ1v) is 8.49. The monoisotopic (exact) mass is 358 g/mol. The zero-order valence-electron chi connectivity index (χ0n) is 13.0. The molecule has 3 amide bonds. The van der Waals surface area contributed by atoms with Crippen molar-refractivity contribution in [3.63, 3.8) is 0 Å². The number of thiophene rings is 1. The number of carbonyl (C=O) groups is 3. The molecule has 2 aliphatic rings. The van der Waals surface area contributed by atoms with Gasteiger partial charge in [0.05, 0.1) is 25.3 Å². The molecule has 2 N–H and O–H groups in total. The smallest absolute Gasteiger partial charge is 0.408 e. The largest absolute Gasteiger partial charge is 0.437 e. The molecular formula is C16H14N4O4S. The highest BCUT2D eigenvalue weighted by molar-refractivity contribution is 7.12. The maximum atomic E-state index is 12.7. The van der Waals surface area contributed by atoms with E-state index in [9.17, 15) is 14.4 Å². The molecule has 4 rings (SSSR count). The molecule has 4 heterocycles. The van der Waals surface area contributed by atoms with Crippen molar-refractivity contribution in [3.05, 3.63) is 46.4 Å². The summed E-state index contributed by atoms with van der Waals surface area (Å²) in [4.78, 5) is 42.0. The molecule has 2 aromatic rings. The third-order valence-corrected chi connectivity index (χ3v) is 5.06. The number of nitrogens with zero attached hydrogens (tertiary/aromatic N) is 2. The van der Waals surface area contributed by atoms with Crippen LogP contribution in [0.4, 0.5) is 10.5 Å². The minimum atomic E-state index is -0.607. The van der Waals surface area contributed by atoms with Crippen LogP contribution in [0.25, 0.3) is 0 Å². The van der Waals surface area contributed by atoms with E-state index in [1.54, 1.807) is 28.5 Å². The lowest BCUT2D eigenvalue weighted by Crippen LogP contribution is -2.65. The lowest BCUT2D eigenvalue weighted by atomic mass is 9.94. The average Bonchev–Trinajstić information content (AvgIpc) is 3.20. The zero-order valence-corrected chi connectivity index (χ0v) is 13.8. The second-order valence-electron chi connectivity index (χ2n) is 5.94. The van der Waals surface area contributed by atoms with Gasteiger partial charge in [0.1, 0.15) is 4.88 Å². The van der Waals surface area contributed by atoms with Gasteiger partial charge in [-0.15, -0.1) is 11.3 Å². The second kappa shape index (κ2) is 5.85. The van der Waals surface area contributed by atoms with Crippen molar-refractivity contribution in [1.82, 2.24) is 15.2 Å². The molecule has 2 fully saturated rings. The van der Waals surface area contributed by atoms with Crippen LogP contribution in [0.1, 0.15) is 20.0 Å². The van der Waals surface area contributed by atoms with E-state index in [2.05, 4.69) is 15.6 Å². The molecule has 2 aliphatic heterocycles. The van der Waals surface area contributed by atoms with E-state index in [4.69, 9.17) is 4.74 Å². The van der Waals surface area contributed by atoms with E-state index in [1.165, 1.54) is 23.7 Å². The highest BCUT2D eigenvalue weighted by Gasteiger charge is 2.52. The highest BCUT2D eigenvalue weighted by Crippen LogP contribution is 2.32. The maximum absolute atomic E-state index is 12.7. The minimum Gasteiger partial charge on any atom is -0.437 e. The third-order valence-electron chi connectivity index (χ3n) is 4.16. The number of amides is 3. The number of nitrogens with one attached hydrogen (secondary N) is 2. The Labute approximate surface area is 146 Å². The Morgan fingerprint density at radius 1 is 1.28 bits per heavy atom. The number of carbonyl (C=O) groups excluding carboxylic acids is 3. The van der Waals surface area contributed by atoms with Crippen molar-refractivity contribution >= 4 is 34.9 Å². The number of likely N-dealkylation sites (tertiary alicyclic amines) is 1. The standard InChI is InChI=1S/C16H14N4O4S/c21-13(10-1-4-17-5-2-10)19-11-3-6-25-12(11)14(22)20-8-16(9-20)7-18-15(23)24-16/h1-6H,7-9H2,(H,18,23)(H,19,21). The number of rotatable bonds is 3. The quantitative estimate of drug-likeness (QED) is 0.862. The summed E-state index contributed by atoms with van der Waals surface area (Å²) in [6.07, 6.45) is 2.62. The fraction of sp³-hybridized carbons (Fsp3) is 0.250. The van der Waals surface area contributed by atoms with Gasteiger partial charge >= 0.3 is 6.09 Å². The Bertz CT molecular complexity index is 845. The average molecular weight is 358 g/mol. The van der Waals surface area contributed by atoms with Crippen molar-refractivity contribution in [2.24, 2.45) is 0 Å². The molecule has 0 aliphatic carbocycles. The van der Waals surface area contributed by atoms with Crippen LogP contribution in [0, 0.1) is 0 Å². The third kappa shape index (κ3) is 2.82. The van der Waals surface area contributed by atoms with Gasteiger partial charge in [-0.2, -0.15) is 0 Å².